The van der Waals surface area contributed by atoms with Crippen LogP contribution < -0.4 is 34.8 Å². The van der Waals surface area contributed by atoms with Crippen molar-refractivity contribution in [3.8, 4) is 59.2 Å². The number of carbonyl (C=O) groups is 6. The van der Waals surface area contributed by atoms with Crippen molar-refractivity contribution in [2.24, 2.45) is 0 Å². The number of carboxylic acid groups (broad SMARTS) is 1. The summed E-state index contributed by atoms with van der Waals surface area (Å²) in [4.78, 5) is 77.4. The molecular weight excluding hydrogens is 1650 g/mol. The summed E-state index contributed by atoms with van der Waals surface area (Å²) in [5.41, 5.74) is 0.390. The molecular formula is C87H127AlBrF6LiN10O15. The van der Waals surface area contributed by atoms with Gasteiger partial charge in [-0.25, -0.2) is 45.5 Å². The number of nitrogens with zero attached hydrogens (tertiary/aromatic N) is 7. The van der Waals surface area contributed by atoms with Crippen molar-refractivity contribution >= 4 is 69.9 Å². The van der Waals surface area contributed by atoms with Gasteiger partial charge in [0.25, 0.3) is 0 Å². The van der Waals surface area contributed by atoms with E-state index in [4.69, 9.17) is 33.5 Å². The molecule has 25 nitrogen and oxygen atoms in total. The first kappa shape index (κ1) is 117. The molecule has 34 heteroatoms. The minimum atomic E-state index is -1.29. The Bertz CT molecular complexity index is 3790. The van der Waals surface area contributed by atoms with E-state index in [2.05, 4.69) is 176 Å². The van der Waals surface area contributed by atoms with E-state index in [1.807, 2.05) is 68.7 Å². The average Bonchev–Trinajstić information content (AvgIpc) is 1.68. The number of carboxylic acids is 1. The van der Waals surface area contributed by atoms with E-state index < -0.39 is 71.6 Å². The van der Waals surface area contributed by atoms with Gasteiger partial charge in [0.05, 0.1) is 95.7 Å². The molecule has 6 saturated heterocycles. The molecule has 6 unspecified atom stereocenters. The van der Waals surface area contributed by atoms with Crippen LogP contribution in [0, 0.1) is 59.2 Å². The Kier molecular flexibility index (Phi) is 65.8. The summed E-state index contributed by atoms with van der Waals surface area (Å²) in [5.74, 6) is 23.1. The summed E-state index contributed by atoms with van der Waals surface area (Å²) in [6, 6.07) is 30.1. The van der Waals surface area contributed by atoms with Crippen LogP contribution in [0.2, 0.25) is 0 Å². The van der Waals surface area contributed by atoms with Gasteiger partial charge in [-0.2, -0.15) is 0 Å². The maximum Gasteiger partial charge on any atom is 1.00 e. The first-order chi connectivity index (χ1) is 56.4. The summed E-state index contributed by atoms with van der Waals surface area (Å²) >= 11 is 2.84. The monoisotopic (exact) mass is 1780 g/mol. The molecule has 6 aliphatic rings. The molecule has 0 spiro atoms. The molecule has 0 bridgehead atoms. The Morgan fingerprint density at radius 1 is 0.612 bits per heavy atom. The van der Waals surface area contributed by atoms with Crippen molar-refractivity contribution in [3.05, 3.63) is 145 Å². The van der Waals surface area contributed by atoms with Gasteiger partial charge >= 0.3 is 49.2 Å². The zero-order valence-electron chi connectivity index (χ0n) is 72.1. The van der Waals surface area contributed by atoms with Crippen LogP contribution in [0.1, 0.15) is 86.3 Å². The predicted octanol–water partition coefficient (Wildman–Crippen LogP) is 7.72. The zero-order valence-corrected chi connectivity index (χ0v) is 72.7. The molecule has 121 heavy (non-hydrogen) atoms. The number of carbonyl (C=O) groups excluding carboxylic acids is 5. The van der Waals surface area contributed by atoms with Crippen molar-refractivity contribution in [3.63, 3.8) is 0 Å². The van der Waals surface area contributed by atoms with Gasteiger partial charge in [0, 0.05) is 93.9 Å². The number of halogens is 7. The fourth-order valence-electron chi connectivity index (χ4n) is 12.3. The Balaban J connectivity index is -0.000000650. The number of allylic oxidation sites excluding steroid dienone is 1. The normalized spacial score (nSPS) is 18.7. The molecule has 0 aliphatic carbocycles. The molecule has 6 atom stereocenters. The smallest absolute Gasteiger partial charge is 1.00 e. The molecule has 6 heterocycles. The standard InChI is InChI=1S/C16H21FN2O2.C14H19FN2.C12H6.C10H18FNO4.C9H11NO2.C8H12FNO3.C7H13FN2.C7H15NO4.C3H4BrF.CH4.Al.Li.4H/c1-2-21-15(20)19-11-14-16(17,12-19)8-9-18(14)10-13-6-4-3-5-7-13;1-16-10-13-14(15,11-16)7-8-17(13)9-12-5-3-2-4-6-12;1-3-5-7-9-11-12-10-8-6-4-2;1-5-16-10(13)12(6-8(2)11)7-9(14-3)15-4;11-9(12)7-10-6-8-4-2-1-3-5-8;1-3-13-8(12)10(4-5-11)6-7(2)9;1-10-4-6-7(8,5-10)2-3-9-6;1-4-12-7(9)8-5-6(10-2)11-3;1-3(5)2-4;;;;;;;/h3-7,14H,2,8-12H2,1H3;2-6,13H,7-11H2,1H3;1-2H3;9H,2,5-7H2,1,3-4H3;1-5,10H,6-7H2,(H,11,12);5H,2-4,6H2,1H3;6,9H,2-5H2,1H3;6H,4-5H2,1-3H3,(H,8,9);1-2H2;1H4;;;;;;/q;;;;;;;;;;;+1;;;;-1. The van der Waals surface area contributed by atoms with E-state index in [9.17, 15) is 50.7 Å². The van der Waals surface area contributed by atoms with Crippen LogP contribution in [-0.2, 0) is 67.1 Å². The molecule has 9 rings (SSSR count). The fraction of sp³-hybridized carbons (Fsp3) is 0.540. The third-order valence-electron chi connectivity index (χ3n) is 17.6. The Morgan fingerprint density at radius 3 is 1.44 bits per heavy atom. The number of alkyl halides is 4. The van der Waals surface area contributed by atoms with Crippen molar-refractivity contribution in [2.75, 3.05) is 172 Å². The van der Waals surface area contributed by atoms with Crippen molar-refractivity contribution in [2.45, 2.75) is 136 Å². The summed E-state index contributed by atoms with van der Waals surface area (Å²) in [5, 5.41) is 17.0. The number of aldehydes is 1. The van der Waals surface area contributed by atoms with Crippen molar-refractivity contribution < 1.29 is 118 Å². The van der Waals surface area contributed by atoms with Crippen LogP contribution in [0.15, 0.2) is 128 Å². The number of ether oxygens (including phenoxy) is 8. The summed E-state index contributed by atoms with van der Waals surface area (Å²) in [6.45, 7) is 28.3. The number of fused-ring (bicyclic) bond motifs is 3. The van der Waals surface area contributed by atoms with E-state index in [1.54, 1.807) is 41.5 Å². The summed E-state index contributed by atoms with van der Waals surface area (Å²) < 4.78 is 118. The number of hydrogen-bond donors (Lipinski definition) is 4. The molecule has 0 radical (unpaired) electrons. The fourth-order valence-corrected chi connectivity index (χ4v) is 12.3. The van der Waals surface area contributed by atoms with Crippen LogP contribution >= 0.6 is 15.9 Å². The number of amides is 4. The largest absolute Gasteiger partial charge is 1.00 e. The quantitative estimate of drug-likeness (QED) is 0.0108. The Morgan fingerprint density at radius 2 is 1.02 bits per heavy atom. The molecule has 3 aromatic carbocycles. The third-order valence-corrected chi connectivity index (χ3v) is 18.2. The van der Waals surface area contributed by atoms with Crippen molar-refractivity contribution in [1.29, 1.82) is 0 Å². The SMILES string of the molecule is C.C=C(F)CBr.C=C(F)CN(CC(OC)OC)C(=O)OCC.C=C(F)CN(CC=O)C(=O)OCC.CC#CC#CC#CC#CC#CC.CCOC(=O)N1CC2N(Cc3ccccc3)CCC2(F)C1.CCOC(=O)NCC(OC)OC.CN1CC2N(Cc3ccccc3)CCC2(F)C1.CN1CC2NCCC2(F)C1.O=C(O)CNCc1ccccc1.[AlH3].[H-].[Li+]. The topological polar surface area (TPSA) is 255 Å². The first-order valence-corrected chi connectivity index (χ1v) is 39.3. The molecule has 0 saturated carbocycles. The van der Waals surface area contributed by atoms with Gasteiger partial charge in [-0.05, 0) is 145 Å². The first-order valence-electron chi connectivity index (χ1n) is 38.2. The maximum absolute atomic E-state index is 15.0. The van der Waals surface area contributed by atoms with Gasteiger partial charge in [-0.15, -0.1) is 0 Å². The second-order valence-electron chi connectivity index (χ2n) is 26.7. The molecule has 3 aromatic rings. The number of methoxy groups -OCH3 is 4. The van der Waals surface area contributed by atoms with Gasteiger partial charge in [0.2, 0.25) is 0 Å². The van der Waals surface area contributed by atoms with Gasteiger partial charge in [0.15, 0.2) is 29.9 Å². The summed E-state index contributed by atoms with van der Waals surface area (Å²) in [7, 11) is 9.85. The molecule has 668 valence electrons. The van der Waals surface area contributed by atoms with E-state index in [0.29, 0.717) is 64.9 Å². The van der Waals surface area contributed by atoms with Crippen LogP contribution in [0.3, 0.4) is 0 Å². The second-order valence-corrected chi connectivity index (χ2v) is 27.2. The van der Waals surface area contributed by atoms with Crippen LogP contribution in [0.25, 0.3) is 0 Å². The number of alkyl carbamates (subject to hydrolysis) is 1. The molecule has 6 aliphatic heterocycles. The van der Waals surface area contributed by atoms with Crippen LogP contribution in [0.5, 0.6) is 0 Å². The maximum atomic E-state index is 15.0. The number of benzene rings is 3. The van der Waals surface area contributed by atoms with Gasteiger partial charge in [-0.3, -0.25) is 24.4 Å². The number of nitrogens with one attached hydrogen (secondary N) is 3. The minimum absolute atomic E-state index is 0. The zero-order chi connectivity index (χ0) is 88.3. The van der Waals surface area contributed by atoms with Gasteiger partial charge < -0.3 is 79.9 Å². The van der Waals surface area contributed by atoms with Gasteiger partial charge in [0.1, 0.15) is 40.8 Å². The van der Waals surface area contributed by atoms with Crippen molar-refractivity contribution in [1.82, 2.24) is 50.2 Å². The average molecular weight is 1780 g/mol. The number of hydrogen-bond acceptors (Lipinski definition) is 20. The van der Waals surface area contributed by atoms with E-state index in [0.717, 1.165) is 61.2 Å². The minimum Gasteiger partial charge on any atom is -1.00 e. The Labute approximate surface area is 746 Å². The number of rotatable bonds is 27. The number of likely N-dealkylation sites (tertiary alicyclic amines) is 5. The summed E-state index contributed by atoms with van der Waals surface area (Å²) in [6.07, 6.45) is -0.871. The van der Waals surface area contributed by atoms with E-state index in [1.165, 1.54) is 44.5 Å². The number of aliphatic carboxylic acids is 1. The molecule has 0 aromatic heterocycles. The predicted molar refractivity (Wildman–Crippen MR) is 464 cm³/mol. The number of likely N-dealkylation sites (N-methyl/N-ethyl adjacent to an activating group) is 2. The molecule has 4 amide bonds. The van der Waals surface area contributed by atoms with Crippen LogP contribution in [-0.4, -0.2) is 314 Å². The Hall–Kier alpha value is -8.31. The third kappa shape index (κ3) is 49.5. The van der Waals surface area contributed by atoms with E-state index >= 15 is 4.39 Å². The molecule has 4 N–H and O–H groups in total. The second kappa shape index (κ2) is 68.2. The van der Waals surface area contributed by atoms with Gasteiger partial charge in [-0.1, -0.05) is 146 Å². The molecule has 6 fully saturated rings. The van der Waals surface area contributed by atoms with E-state index in [-0.39, 0.29) is 133 Å². The van der Waals surface area contributed by atoms with Crippen LogP contribution in [0.4, 0.5) is 45.5 Å².